The minimum absolute atomic E-state index is 0.0994. The number of nitrogens with zero attached hydrogens (tertiary/aromatic N) is 1. The van der Waals surface area contributed by atoms with Crippen molar-refractivity contribution in [3.05, 3.63) is 71.8 Å². The van der Waals surface area contributed by atoms with Crippen LogP contribution in [0.1, 0.15) is 36.8 Å². The Hall–Kier alpha value is -2.09. The van der Waals surface area contributed by atoms with E-state index in [2.05, 4.69) is 48.5 Å². The van der Waals surface area contributed by atoms with Gasteiger partial charge < -0.3 is 4.90 Å². The summed E-state index contributed by atoms with van der Waals surface area (Å²) in [5.41, 5.74) is 2.47. The maximum Gasteiger partial charge on any atom is 0.210 e. The van der Waals surface area contributed by atoms with Gasteiger partial charge in [0.05, 0.1) is 5.54 Å². The Morgan fingerprint density at radius 1 is 0.909 bits per heavy atom. The number of hydrogen-bond acceptors (Lipinski definition) is 1. The van der Waals surface area contributed by atoms with Crippen LogP contribution >= 0.6 is 0 Å². The van der Waals surface area contributed by atoms with Gasteiger partial charge in [-0.25, -0.2) is 0 Å². The lowest BCUT2D eigenvalue weighted by Crippen LogP contribution is -2.44. The first-order valence-electron chi connectivity index (χ1n) is 8.17. The summed E-state index contributed by atoms with van der Waals surface area (Å²) >= 11 is 0. The van der Waals surface area contributed by atoms with Gasteiger partial charge in [-0.2, -0.15) is 0 Å². The Kier molecular flexibility index (Phi) is 4.57. The average Bonchev–Trinajstić information content (AvgIpc) is 3.08. The van der Waals surface area contributed by atoms with Crippen LogP contribution < -0.4 is 0 Å². The van der Waals surface area contributed by atoms with Crippen LogP contribution in [0.4, 0.5) is 0 Å². The first-order valence-corrected chi connectivity index (χ1v) is 8.17. The largest absolute Gasteiger partial charge is 0.335 e. The van der Waals surface area contributed by atoms with Crippen LogP contribution in [0.25, 0.3) is 0 Å². The average molecular weight is 293 g/mol. The Labute approximate surface area is 132 Å². The molecule has 0 bridgehead atoms. The Balaban J connectivity index is 1.81. The molecule has 114 valence electrons. The lowest BCUT2D eigenvalue weighted by Gasteiger charge is -2.39. The lowest BCUT2D eigenvalue weighted by molar-refractivity contribution is -0.124. The van der Waals surface area contributed by atoms with E-state index in [-0.39, 0.29) is 5.54 Å². The van der Waals surface area contributed by atoms with Crippen LogP contribution in [0.2, 0.25) is 0 Å². The lowest BCUT2D eigenvalue weighted by atomic mass is 9.86. The van der Waals surface area contributed by atoms with Crippen molar-refractivity contribution in [1.82, 2.24) is 4.90 Å². The van der Waals surface area contributed by atoms with Crippen LogP contribution in [0.15, 0.2) is 60.7 Å². The van der Waals surface area contributed by atoms with E-state index >= 15 is 0 Å². The normalized spacial score (nSPS) is 16.4. The Bertz CT molecular complexity index is 588. The van der Waals surface area contributed by atoms with Gasteiger partial charge >= 0.3 is 0 Å². The van der Waals surface area contributed by atoms with Crippen molar-refractivity contribution in [2.45, 2.75) is 37.6 Å². The molecule has 1 amide bonds. The molecule has 0 spiro atoms. The van der Waals surface area contributed by atoms with Crippen LogP contribution in [0, 0.1) is 0 Å². The molecule has 0 aromatic heterocycles. The van der Waals surface area contributed by atoms with E-state index in [1.54, 1.807) is 0 Å². The first-order chi connectivity index (χ1) is 10.8. The predicted octanol–water partition coefficient (Wildman–Crippen LogP) is 4.16. The predicted molar refractivity (Wildman–Crippen MR) is 89.5 cm³/mol. The fraction of sp³-hybridized carbons (Fsp3) is 0.350. The topological polar surface area (TPSA) is 20.3 Å². The smallest absolute Gasteiger partial charge is 0.210 e. The Morgan fingerprint density at radius 3 is 2.09 bits per heavy atom. The number of amides is 1. The van der Waals surface area contributed by atoms with Gasteiger partial charge in [0.15, 0.2) is 0 Å². The maximum absolute atomic E-state index is 11.8. The van der Waals surface area contributed by atoms with Gasteiger partial charge in [0.1, 0.15) is 0 Å². The van der Waals surface area contributed by atoms with Crippen LogP contribution in [0.5, 0.6) is 0 Å². The van der Waals surface area contributed by atoms with Gasteiger partial charge in [0.25, 0.3) is 0 Å². The van der Waals surface area contributed by atoms with Crippen LogP contribution in [-0.4, -0.2) is 17.9 Å². The second-order valence-corrected chi connectivity index (χ2v) is 6.14. The zero-order valence-electron chi connectivity index (χ0n) is 12.9. The highest BCUT2D eigenvalue weighted by atomic mass is 16.1. The summed E-state index contributed by atoms with van der Waals surface area (Å²) < 4.78 is 0. The molecule has 2 aromatic carbocycles. The van der Waals surface area contributed by atoms with Crippen molar-refractivity contribution >= 4 is 6.41 Å². The number of rotatable bonds is 6. The molecule has 2 heteroatoms. The van der Waals surface area contributed by atoms with Crippen molar-refractivity contribution in [2.75, 3.05) is 6.54 Å². The zero-order valence-corrected chi connectivity index (χ0v) is 12.9. The number of carbonyl (C=O) groups excluding carboxylic acids is 1. The quantitative estimate of drug-likeness (QED) is 0.732. The second kappa shape index (κ2) is 6.78. The molecule has 1 fully saturated rings. The molecular weight excluding hydrogens is 270 g/mol. The zero-order chi connectivity index (χ0) is 15.3. The minimum atomic E-state index is -0.0994. The van der Waals surface area contributed by atoms with Gasteiger partial charge in [-0.3, -0.25) is 4.79 Å². The van der Waals surface area contributed by atoms with Gasteiger partial charge in [0.2, 0.25) is 6.41 Å². The van der Waals surface area contributed by atoms with Crippen molar-refractivity contribution in [3.63, 3.8) is 0 Å². The molecule has 3 rings (SSSR count). The third-order valence-electron chi connectivity index (χ3n) is 4.90. The molecule has 0 heterocycles. The van der Waals surface area contributed by atoms with E-state index in [0.717, 1.165) is 32.2 Å². The van der Waals surface area contributed by atoms with E-state index in [9.17, 15) is 4.79 Å². The van der Waals surface area contributed by atoms with Crippen LogP contribution in [-0.2, 0) is 16.8 Å². The van der Waals surface area contributed by atoms with Gasteiger partial charge in [-0.1, -0.05) is 73.5 Å². The third-order valence-corrected chi connectivity index (χ3v) is 4.90. The monoisotopic (exact) mass is 293 g/mol. The van der Waals surface area contributed by atoms with E-state index in [1.807, 2.05) is 17.0 Å². The molecule has 0 atom stereocenters. The molecule has 1 aliphatic rings. The summed E-state index contributed by atoms with van der Waals surface area (Å²) in [6, 6.07) is 21.0. The number of hydrogen-bond donors (Lipinski definition) is 0. The molecule has 0 saturated heterocycles. The van der Waals surface area contributed by atoms with E-state index in [4.69, 9.17) is 0 Å². The molecule has 0 aliphatic heterocycles. The summed E-state index contributed by atoms with van der Waals surface area (Å²) in [6.07, 6.45) is 6.51. The molecule has 0 radical (unpaired) electrons. The third kappa shape index (κ3) is 2.92. The molecule has 22 heavy (non-hydrogen) atoms. The molecule has 2 aromatic rings. The highest BCUT2D eigenvalue weighted by molar-refractivity contribution is 5.51. The SMILES string of the molecule is O=CN(CCc1ccccc1)C1(c2ccccc2)CCCC1. The fourth-order valence-corrected chi connectivity index (χ4v) is 3.71. The molecule has 2 nitrogen and oxygen atoms in total. The summed E-state index contributed by atoms with van der Waals surface area (Å²) in [4.78, 5) is 13.9. The molecule has 1 saturated carbocycles. The van der Waals surface area contributed by atoms with E-state index in [0.29, 0.717) is 0 Å². The van der Waals surface area contributed by atoms with Crippen molar-refractivity contribution in [3.8, 4) is 0 Å². The second-order valence-electron chi connectivity index (χ2n) is 6.14. The summed E-state index contributed by atoms with van der Waals surface area (Å²) in [5, 5.41) is 0. The maximum atomic E-state index is 11.8. The molecule has 1 aliphatic carbocycles. The highest BCUT2D eigenvalue weighted by Gasteiger charge is 2.40. The van der Waals surface area contributed by atoms with Gasteiger partial charge in [0, 0.05) is 6.54 Å². The van der Waals surface area contributed by atoms with Crippen molar-refractivity contribution in [2.24, 2.45) is 0 Å². The number of carbonyl (C=O) groups is 1. The van der Waals surface area contributed by atoms with Crippen molar-refractivity contribution < 1.29 is 4.79 Å². The number of benzene rings is 2. The molecule has 0 unspecified atom stereocenters. The Morgan fingerprint density at radius 2 is 1.50 bits per heavy atom. The first kappa shape index (κ1) is 14.8. The van der Waals surface area contributed by atoms with E-state index in [1.165, 1.54) is 24.0 Å². The molecular formula is C20H23NO. The molecule has 0 N–H and O–H groups in total. The van der Waals surface area contributed by atoms with E-state index < -0.39 is 0 Å². The summed E-state index contributed by atoms with van der Waals surface area (Å²) in [5.74, 6) is 0. The summed E-state index contributed by atoms with van der Waals surface area (Å²) in [7, 11) is 0. The van der Waals surface area contributed by atoms with Crippen molar-refractivity contribution in [1.29, 1.82) is 0 Å². The fourth-order valence-electron chi connectivity index (χ4n) is 3.71. The van der Waals surface area contributed by atoms with Gasteiger partial charge in [-0.15, -0.1) is 0 Å². The van der Waals surface area contributed by atoms with Crippen LogP contribution in [0.3, 0.4) is 0 Å². The van der Waals surface area contributed by atoms with Gasteiger partial charge in [-0.05, 0) is 30.4 Å². The minimum Gasteiger partial charge on any atom is -0.335 e. The standard InChI is InChI=1S/C20H23NO/c22-17-21(16-13-18-9-3-1-4-10-18)20(14-7-8-15-20)19-11-5-2-6-12-19/h1-6,9-12,17H,7-8,13-16H2. The highest BCUT2D eigenvalue weighted by Crippen LogP contribution is 2.43. The summed E-state index contributed by atoms with van der Waals surface area (Å²) in [6.45, 7) is 0.780.